The Morgan fingerprint density at radius 2 is 2.07 bits per heavy atom. The molecule has 0 aliphatic rings. The molecule has 1 aromatic heterocycles. The number of aromatic amines is 1. The van der Waals surface area contributed by atoms with Crippen molar-refractivity contribution in [2.75, 3.05) is 0 Å². The number of hydrogen-bond donors (Lipinski definition) is 1. The van der Waals surface area contributed by atoms with Crippen LogP contribution in [0.15, 0.2) is 24.3 Å². The van der Waals surface area contributed by atoms with Gasteiger partial charge >= 0.3 is 0 Å². The molecule has 2 aromatic rings. The molecule has 0 spiro atoms. The first kappa shape index (κ1) is 9.94. The lowest BCUT2D eigenvalue weighted by Crippen LogP contribution is -1.86. The van der Waals surface area contributed by atoms with Crippen LogP contribution >= 0.6 is 23.6 Å². The van der Waals surface area contributed by atoms with E-state index in [0.717, 1.165) is 10.6 Å². The number of nitro benzene ring substituents is 1. The van der Waals surface area contributed by atoms with Gasteiger partial charge in [-0.25, -0.2) is 0 Å². The zero-order valence-electron chi connectivity index (χ0n) is 7.34. The number of hydrogen-bond acceptors (Lipinski definition) is 5. The molecule has 1 N–H and O–H groups in total. The van der Waals surface area contributed by atoms with Crippen LogP contribution in [0.3, 0.4) is 0 Å². The Morgan fingerprint density at radius 3 is 2.53 bits per heavy atom. The molecule has 0 atom stereocenters. The van der Waals surface area contributed by atoms with Crippen molar-refractivity contribution in [1.82, 2.24) is 10.2 Å². The van der Waals surface area contributed by atoms with Crippen molar-refractivity contribution in [3.8, 4) is 10.6 Å². The molecule has 15 heavy (non-hydrogen) atoms. The first-order valence-electron chi connectivity index (χ1n) is 3.97. The van der Waals surface area contributed by atoms with Gasteiger partial charge in [-0.05, 0) is 24.4 Å². The SMILES string of the molecule is O=[N+]([O-])c1ccc(-c2n[nH]c(=S)s2)cc1. The molecular formula is C8H5N3O2S2. The number of benzene rings is 1. The van der Waals surface area contributed by atoms with Crippen LogP contribution in [0, 0.1) is 14.1 Å². The number of nitro groups is 1. The van der Waals surface area contributed by atoms with Crippen LogP contribution in [0.2, 0.25) is 0 Å². The average molecular weight is 239 g/mol. The van der Waals surface area contributed by atoms with Gasteiger partial charge in [0, 0.05) is 17.7 Å². The maximum atomic E-state index is 10.4. The van der Waals surface area contributed by atoms with Crippen molar-refractivity contribution in [3.05, 3.63) is 38.3 Å². The molecule has 1 aromatic carbocycles. The normalized spacial score (nSPS) is 10.1. The molecule has 7 heteroatoms. The van der Waals surface area contributed by atoms with E-state index in [1.165, 1.54) is 23.5 Å². The number of H-pyrrole nitrogens is 1. The summed E-state index contributed by atoms with van der Waals surface area (Å²) in [5.74, 6) is 0. The van der Waals surface area contributed by atoms with E-state index >= 15 is 0 Å². The zero-order chi connectivity index (χ0) is 10.8. The maximum absolute atomic E-state index is 10.4. The topological polar surface area (TPSA) is 71.8 Å². The van der Waals surface area contributed by atoms with E-state index in [4.69, 9.17) is 12.2 Å². The smallest absolute Gasteiger partial charge is 0.258 e. The van der Waals surface area contributed by atoms with Crippen molar-refractivity contribution in [2.45, 2.75) is 0 Å². The summed E-state index contributed by atoms with van der Waals surface area (Å²) in [4.78, 5) is 9.99. The van der Waals surface area contributed by atoms with E-state index in [1.54, 1.807) is 12.1 Å². The molecular weight excluding hydrogens is 234 g/mol. The lowest BCUT2D eigenvalue weighted by molar-refractivity contribution is -0.384. The van der Waals surface area contributed by atoms with Crippen molar-refractivity contribution in [1.29, 1.82) is 0 Å². The Kier molecular flexibility index (Phi) is 2.57. The third-order valence-corrected chi connectivity index (χ3v) is 2.90. The summed E-state index contributed by atoms with van der Waals surface area (Å²) in [7, 11) is 0. The second-order valence-electron chi connectivity index (χ2n) is 2.72. The van der Waals surface area contributed by atoms with Crippen LogP contribution in [0.5, 0.6) is 0 Å². The number of nitrogens with one attached hydrogen (secondary N) is 1. The van der Waals surface area contributed by atoms with Crippen molar-refractivity contribution in [2.24, 2.45) is 0 Å². The summed E-state index contributed by atoms with van der Waals surface area (Å²) < 4.78 is 0.586. The second kappa shape index (κ2) is 3.87. The number of non-ortho nitro benzene ring substituents is 1. The summed E-state index contributed by atoms with van der Waals surface area (Å²) in [6.07, 6.45) is 0. The minimum absolute atomic E-state index is 0.0675. The van der Waals surface area contributed by atoms with Gasteiger partial charge < -0.3 is 0 Å². The van der Waals surface area contributed by atoms with E-state index in [2.05, 4.69) is 10.2 Å². The fourth-order valence-electron chi connectivity index (χ4n) is 1.08. The van der Waals surface area contributed by atoms with Gasteiger partial charge in [-0.15, -0.1) is 0 Å². The molecule has 0 unspecified atom stereocenters. The average Bonchev–Trinajstić information content (AvgIpc) is 2.65. The highest BCUT2D eigenvalue weighted by molar-refractivity contribution is 7.73. The van der Waals surface area contributed by atoms with Crippen LogP contribution in [0.4, 0.5) is 5.69 Å². The molecule has 0 radical (unpaired) electrons. The van der Waals surface area contributed by atoms with Gasteiger partial charge in [0.25, 0.3) is 5.69 Å². The Morgan fingerprint density at radius 1 is 1.40 bits per heavy atom. The quantitative estimate of drug-likeness (QED) is 0.497. The van der Waals surface area contributed by atoms with Crippen LogP contribution in [0.25, 0.3) is 10.6 Å². The van der Waals surface area contributed by atoms with Gasteiger partial charge in [-0.3, -0.25) is 15.2 Å². The molecule has 76 valence electrons. The van der Waals surface area contributed by atoms with E-state index < -0.39 is 4.92 Å². The predicted molar refractivity (Wildman–Crippen MR) is 59.4 cm³/mol. The third-order valence-electron chi connectivity index (χ3n) is 1.76. The molecule has 2 rings (SSSR count). The third kappa shape index (κ3) is 2.08. The van der Waals surface area contributed by atoms with Gasteiger partial charge in [0.2, 0.25) is 0 Å². The lowest BCUT2D eigenvalue weighted by atomic mass is 10.2. The lowest BCUT2D eigenvalue weighted by Gasteiger charge is -1.94. The second-order valence-corrected chi connectivity index (χ2v) is 4.39. The maximum Gasteiger partial charge on any atom is 0.269 e. The predicted octanol–water partition coefficient (Wildman–Crippen LogP) is 2.78. The number of aromatic nitrogens is 2. The van der Waals surface area contributed by atoms with Crippen LogP contribution < -0.4 is 0 Å². The van der Waals surface area contributed by atoms with Crippen molar-refractivity contribution in [3.63, 3.8) is 0 Å². The van der Waals surface area contributed by atoms with Gasteiger partial charge in [-0.1, -0.05) is 11.3 Å². The van der Waals surface area contributed by atoms with Gasteiger partial charge in [0.15, 0.2) is 3.95 Å². The largest absolute Gasteiger partial charge is 0.269 e. The molecule has 0 saturated heterocycles. The van der Waals surface area contributed by atoms with E-state index in [-0.39, 0.29) is 5.69 Å². The molecule has 5 nitrogen and oxygen atoms in total. The van der Waals surface area contributed by atoms with E-state index in [9.17, 15) is 10.1 Å². The van der Waals surface area contributed by atoms with Gasteiger partial charge in [-0.2, -0.15) is 5.10 Å². The summed E-state index contributed by atoms with van der Waals surface area (Å²) in [5, 5.41) is 17.8. The van der Waals surface area contributed by atoms with E-state index in [0.29, 0.717) is 3.95 Å². The molecule has 0 aliphatic carbocycles. The number of rotatable bonds is 2. The highest BCUT2D eigenvalue weighted by atomic mass is 32.1. The molecule has 0 aliphatic heterocycles. The van der Waals surface area contributed by atoms with Crippen LogP contribution in [-0.2, 0) is 0 Å². The molecule has 0 saturated carbocycles. The zero-order valence-corrected chi connectivity index (χ0v) is 8.97. The van der Waals surface area contributed by atoms with Crippen molar-refractivity contribution >= 4 is 29.2 Å². The highest BCUT2D eigenvalue weighted by Gasteiger charge is 2.06. The molecule has 0 fully saturated rings. The van der Waals surface area contributed by atoms with Crippen LogP contribution in [-0.4, -0.2) is 15.1 Å². The Hall–Kier alpha value is -1.60. The molecule has 0 bridgehead atoms. The summed E-state index contributed by atoms with van der Waals surface area (Å²) in [6, 6.07) is 6.19. The van der Waals surface area contributed by atoms with Gasteiger partial charge in [0.05, 0.1) is 4.92 Å². The first-order chi connectivity index (χ1) is 7.16. The van der Waals surface area contributed by atoms with Crippen molar-refractivity contribution < 1.29 is 4.92 Å². The summed E-state index contributed by atoms with van der Waals surface area (Å²) >= 11 is 6.23. The van der Waals surface area contributed by atoms with Crippen LogP contribution in [0.1, 0.15) is 0 Å². The summed E-state index contributed by atoms with van der Waals surface area (Å²) in [5.41, 5.74) is 0.885. The fourth-order valence-corrected chi connectivity index (χ4v) is 1.97. The summed E-state index contributed by atoms with van der Waals surface area (Å²) in [6.45, 7) is 0. The Bertz CT molecular complexity index is 544. The highest BCUT2D eigenvalue weighted by Crippen LogP contribution is 2.23. The minimum atomic E-state index is -0.434. The standard InChI is InChI=1S/C8H5N3O2S2/c12-11(13)6-3-1-5(2-4-6)7-9-10-8(14)15-7/h1-4H,(H,10,14). The van der Waals surface area contributed by atoms with Gasteiger partial charge in [0.1, 0.15) is 5.01 Å². The molecule has 1 heterocycles. The first-order valence-corrected chi connectivity index (χ1v) is 5.19. The fraction of sp³-hybridized carbons (Fsp3) is 0. The van der Waals surface area contributed by atoms with E-state index in [1.807, 2.05) is 0 Å². The molecule has 0 amide bonds. The monoisotopic (exact) mass is 239 g/mol. The number of nitrogens with zero attached hydrogens (tertiary/aromatic N) is 2. The Labute approximate surface area is 93.5 Å². The Balaban J connectivity index is 2.39. The minimum Gasteiger partial charge on any atom is -0.258 e.